The van der Waals surface area contributed by atoms with Crippen molar-refractivity contribution in [3.63, 3.8) is 0 Å². The molecule has 1 heterocycles. The van der Waals surface area contributed by atoms with Gasteiger partial charge in [-0.2, -0.15) is 0 Å². The molecule has 1 aromatic heterocycles. The van der Waals surface area contributed by atoms with E-state index in [0.29, 0.717) is 33.8 Å². The third kappa shape index (κ3) is 4.06. The predicted octanol–water partition coefficient (Wildman–Crippen LogP) is 4.08. The summed E-state index contributed by atoms with van der Waals surface area (Å²) in [5.74, 6) is 0.755. The predicted molar refractivity (Wildman–Crippen MR) is 117 cm³/mol. The standard InChI is InChI=1S/C24H19N3O5/c1-31-16-11-12-20(29)18(13-16)23-26-21(14-7-9-15(10-8-14)24(30)32-2)25-22(27-23)17-5-3-4-6-19(17)28/h3-13,28-29H,1-2H3. The van der Waals surface area contributed by atoms with Gasteiger partial charge in [0.2, 0.25) is 0 Å². The van der Waals surface area contributed by atoms with Crippen molar-refractivity contribution in [1.29, 1.82) is 0 Å². The Balaban J connectivity index is 1.91. The van der Waals surface area contributed by atoms with Crippen LogP contribution in [0.1, 0.15) is 10.4 Å². The third-order valence-electron chi connectivity index (χ3n) is 4.79. The molecule has 3 aromatic carbocycles. The molecule has 0 bridgehead atoms. The number of esters is 1. The van der Waals surface area contributed by atoms with E-state index < -0.39 is 5.97 Å². The van der Waals surface area contributed by atoms with Gasteiger partial charge in [-0.05, 0) is 42.5 Å². The van der Waals surface area contributed by atoms with Gasteiger partial charge in [-0.1, -0.05) is 24.3 Å². The van der Waals surface area contributed by atoms with E-state index in [9.17, 15) is 15.0 Å². The maximum Gasteiger partial charge on any atom is 0.337 e. The topological polar surface area (TPSA) is 115 Å². The van der Waals surface area contributed by atoms with E-state index in [2.05, 4.69) is 15.0 Å². The second-order valence-corrected chi connectivity index (χ2v) is 6.78. The lowest BCUT2D eigenvalue weighted by atomic mass is 10.1. The molecule has 0 atom stereocenters. The second kappa shape index (κ2) is 8.73. The maximum atomic E-state index is 11.7. The van der Waals surface area contributed by atoms with Crippen molar-refractivity contribution in [2.45, 2.75) is 0 Å². The molecule has 0 unspecified atom stereocenters. The number of carbonyl (C=O) groups is 1. The lowest BCUT2D eigenvalue weighted by molar-refractivity contribution is 0.0600. The zero-order chi connectivity index (χ0) is 22.7. The number of benzene rings is 3. The molecule has 0 saturated heterocycles. The number of hydrogen-bond acceptors (Lipinski definition) is 8. The first-order valence-corrected chi connectivity index (χ1v) is 9.60. The minimum Gasteiger partial charge on any atom is -0.507 e. The van der Waals surface area contributed by atoms with Gasteiger partial charge in [-0.15, -0.1) is 0 Å². The van der Waals surface area contributed by atoms with Crippen LogP contribution in [0.3, 0.4) is 0 Å². The van der Waals surface area contributed by atoms with Gasteiger partial charge in [-0.3, -0.25) is 0 Å². The van der Waals surface area contributed by atoms with E-state index in [-0.39, 0.29) is 23.1 Å². The highest BCUT2D eigenvalue weighted by Crippen LogP contribution is 2.34. The van der Waals surface area contributed by atoms with Crippen LogP contribution in [-0.2, 0) is 4.74 Å². The Morgan fingerprint density at radius 1 is 0.750 bits per heavy atom. The number of para-hydroxylation sites is 1. The summed E-state index contributed by atoms with van der Waals surface area (Å²) in [6.07, 6.45) is 0. The number of nitrogens with zero attached hydrogens (tertiary/aromatic N) is 3. The molecule has 4 aromatic rings. The first-order chi connectivity index (χ1) is 15.5. The largest absolute Gasteiger partial charge is 0.507 e. The zero-order valence-corrected chi connectivity index (χ0v) is 17.3. The van der Waals surface area contributed by atoms with Crippen LogP contribution in [0.4, 0.5) is 0 Å². The molecule has 2 N–H and O–H groups in total. The summed E-state index contributed by atoms with van der Waals surface area (Å²) in [5, 5.41) is 20.8. The van der Waals surface area contributed by atoms with Crippen LogP contribution in [0.2, 0.25) is 0 Å². The van der Waals surface area contributed by atoms with Crippen LogP contribution < -0.4 is 4.74 Å². The summed E-state index contributed by atoms with van der Waals surface area (Å²) in [5.41, 5.74) is 1.75. The highest BCUT2D eigenvalue weighted by molar-refractivity contribution is 5.89. The summed E-state index contributed by atoms with van der Waals surface area (Å²) < 4.78 is 10.00. The van der Waals surface area contributed by atoms with Gasteiger partial charge in [0.1, 0.15) is 17.2 Å². The molecule has 0 aliphatic carbocycles. The Hall–Kier alpha value is -4.46. The SMILES string of the molecule is COC(=O)c1ccc(-c2nc(-c3ccccc3O)nc(-c3cc(OC)ccc3O)n2)cc1. The van der Waals surface area contributed by atoms with E-state index in [0.717, 1.165) is 0 Å². The first-order valence-electron chi connectivity index (χ1n) is 9.60. The van der Waals surface area contributed by atoms with Gasteiger partial charge in [0.25, 0.3) is 0 Å². The Morgan fingerprint density at radius 3 is 2.03 bits per heavy atom. The fraction of sp³-hybridized carbons (Fsp3) is 0.0833. The highest BCUT2D eigenvalue weighted by atomic mass is 16.5. The lowest BCUT2D eigenvalue weighted by Gasteiger charge is -2.11. The van der Waals surface area contributed by atoms with Gasteiger partial charge in [0.15, 0.2) is 17.5 Å². The van der Waals surface area contributed by atoms with Gasteiger partial charge in [0.05, 0.1) is 30.9 Å². The fourth-order valence-corrected chi connectivity index (χ4v) is 3.10. The van der Waals surface area contributed by atoms with Gasteiger partial charge >= 0.3 is 5.97 Å². The van der Waals surface area contributed by atoms with E-state index in [1.165, 1.54) is 26.4 Å². The number of aromatic nitrogens is 3. The molecule has 0 aliphatic rings. The van der Waals surface area contributed by atoms with E-state index in [1.807, 2.05) is 0 Å². The molecular formula is C24H19N3O5. The smallest absolute Gasteiger partial charge is 0.337 e. The Labute approximate surface area is 183 Å². The van der Waals surface area contributed by atoms with Crippen molar-refractivity contribution in [1.82, 2.24) is 15.0 Å². The highest BCUT2D eigenvalue weighted by Gasteiger charge is 2.17. The van der Waals surface area contributed by atoms with Crippen LogP contribution in [0.25, 0.3) is 34.2 Å². The average Bonchev–Trinajstić information content (AvgIpc) is 2.84. The minimum atomic E-state index is -0.455. The molecule has 8 nitrogen and oxygen atoms in total. The second-order valence-electron chi connectivity index (χ2n) is 6.78. The molecule has 160 valence electrons. The molecule has 0 aliphatic heterocycles. The Bertz CT molecular complexity index is 1290. The van der Waals surface area contributed by atoms with Gasteiger partial charge in [0, 0.05) is 5.56 Å². The first kappa shape index (κ1) is 20.8. The summed E-state index contributed by atoms with van der Waals surface area (Å²) in [6.45, 7) is 0. The van der Waals surface area contributed by atoms with Crippen molar-refractivity contribution in [2.75, 3.05) is 14.2 Å². The van der Waals surface area contributed by atoms with Crippen LogP contribution in [0, 0.1) is 0 Å². The average molecular weight is 429 g/mol. The number of hydrogen-bond donors (Lipinski definition) is 2. The van der Waals surface area contributed by atoms with Crippen LogP contribution in [-0.4, -0.2) is 45.4 Å². The molecule has 4 rings (SSSR count). The number of phenolic OH excluding ortho intramolecular Hbond substituents is 2. The van der Waals surface area contributed by atoms with Crippen molar-refractivity contribution in [3.05, 3.63) is 72.3 Å². The summed E-state index contributed by atoms with van der Waals surface area (Å²) >= 11 is 0. The van der Waals surface area contributed by atoms with Gasteiger partial charge < -0.3 is 19.7 Å². The van der Waals surface area contributed by atoms with Gasteiger partial charge in [-0.25, -0.2) is 19.7 Å². The van der Waals surface area contributed by atoms with Crippen molar-refractivity contribution >= 4 is 5.97 Å². The van der Waals surface area contributed by atoms with Crippen LogP contribution >= 0.6 is 0 Å². The summed E-state index contributed by atoms with van der Waals surface area (Å²) in [7, 11) is 2.83. The molecule has 0 radical (unpaired) electrons. The number of rotatable bonds is 5. The number of phenols is 2. The molecular weight excluding hydrogens is 410 g/mol. The number of aromatic hydroxyl groups is 2. The lowest BCUT2D eigenvalue weighted by Crippen LogP contribution is -2.02. The summed E-state index contributed by atoms with van der Waals surface area (Å²) in [4.78, 5) is 25.3. The van der Waals surface area contributed by atoms with Crippen LogP contribution in [0.15, 0.2) is 66.7 Å². The monoisotopic (exact) mass is 429 g/mol. The fourth-order valence-electron chi connectivity index (χ4n) is 3.10. The maximum absolute atomic E-state index is 11.7. The number of ether oxygens (including phenoxy) is 2. The normalized spacial score (nSPS) is 10.6. The molecule has 0 amide bonds. The molecule has 32 heavy (non-hydrogen) atoms. The summed E-state index contributed by atoms with van der Waals surface area (Å²) in [6, 6.07) is 18.0. The molecule has 0 fully saturated rings. The molecule has 0 spiro atoms. The van der Waals surface area contributed by atoms with E-state index in [4.69, 9.17) is 9.47 Å². The minimum absolute atomic E-state index is 0.00602. The van der Waals surface area contributed by atoms with Crippen LogP contribution in [0.5, 0.6) is 17.2 Å². The number of carbonyl (C=O) groups excluding carboxylic acids is 1. The Kier molecular flexibility index (Phi) is 5.67. The van der Waals surface area contributed by atoms with Crippen molar-refractivity contribution in [2.24, 2.45) is 0 Å². The quantitative estimate of drug-likeness (QED) is 0.456. The molecule has 0 saturated carbocycles. The Morgan fingerprint density at radius 2 is 1.38 bits per heavy atom. The van der Waals surface area contributed by atoms with E-state index in [1.54, 1.807) is 54.6 Å². The zero-order valence-electron chi connectivity index (χ0n) is 17.3. The number of methoxy groups -OCH3 is 2. The van der Waals surface area contributed by atoms with E-state index >= 15 is 0 Å². The van der Waals surface area contributed by atoms with Crippen molar-refractivity contribution in [3.8, 4) is 51.4 Å². The molecule has 8 heteroatoms. The van der Waals surface area contributed by atoms with Crippen molar-refractivity contribution < 1.29 is 24.5 Å². The third-order valence-corrected chi connectivity index (χ3v) is 4.79.